The van der Waals surface area contributed by atoms with E-state index in [2.05, 4.69) is 66.7 Å². The van der Waals surface area contributed by atoms with Crippen LogP contribution in [-0.2, 0) is 11.2 Å². The molecule has 0 bridgehead atoms. The Hall–Kier alpha value is -2.44. The third kappa shape index (κ3) is 3.18. The summed E-state index contributed by atoms with van der Waals surface area (Å²) in [6.45, 7) is 0. The molecule has 1 aliphatic carbocycles. The highest BCUT2D eigenvalue weighted by molar-refractivity contribution is 7.73. The van der Waals surface area contributed by atoms with Gasteiger partial charge in [0.1, 0.15) is 0 Å². The van der Waals surface area contributed by atoms with E-state index < -0.39 is 13.9 Å². The van der Waals surface area contributed by atoms with Gasteiger partial charge in [-0.1, -0.05) is 84.9 Å². The van der Waals surface area contributed by atoms with E-state index in [0.717, 1.165) is 6.42 Å². The van der Waals surface area contributed by atoms with Gasteiger partial charge in [0.05, 0.1) is 5.92 Å². The van der Waals surface area contributed by atoms with Crippen molar-refractivity contribution >= 4 is 24.5 Å². The highest BCUT2D eigenvalue weighted by Gasteiger charge is 2.40. The third-order valence-electron chi connectivity index (χ3n) is 5.14. The standard InChI is InChI=1S/C23H21O2P/c24-23(25)21-16-15-17-9-7-8-14-20(17)22(21)26(18-10-3-1-4-11-18)19-12-5-2-6-13-19/h1-14,21-22H,15-16H2,(H,24,25). The van der Waals surface area contributed by atoms with Crippen LogP contribution in [0.3, 0.4) is 0 Å². The van der Waals surface area contributed by atoms with Crippen molar-refractivity contribution in [2.24, 2.45) is 5.92 Å². The van der Waals surface area contributed by atoms with Gasteiger partial charge in [-0.05, 0) is 42.5 Å². The lowest BCUT2D eigenvalue weighted by Crippen LogP contribution is -2.31. The second-order valence-electron chi connectivity index (χ2n) is 6.67. The predicted molar refractivity (Wildman–Crippen MR) is 108 cm³/mol. The maximum absolute atomic E-state index is 12.2. The molecule has 3 aromatic carbocycles. The van der Waals surface area contributed by atoms with Gasteiger partial charge in [-0.2, -0.15) is 0 Å². The second kappa shape index (κ2) is 7.43. The van der Waals surface area contributed by atoms with Crippen molar-refractivity contribution in [2.75, 3.05) is 0 Å². The number of fused-ring (bicyclic) bond motifs is 1. The minimum Gasteiger partial charge on any atom is -0.481 e. The number of hydrogen-bond acceptors (Lipinski definition) is 1. The lowest BCUT2D eigenvalue weighted by molar-refractivity contribution is -0.142. The number of hydrogen-bond donors (Lipinski definition) is 1. The van der Waals surface area contributed by atoms with Crippen molar-refractivity contribution in [1.82, 2.24) is 0 Å². The van der Waals surface area contributed by atoms with Crippen LogP contribution in [0.5, 0.6) is 0 Å². The van der Waals surface area contributed by atoms with Gasteiger partial charge >= 0.3 is 5.97 Å². The quantitative estimate of drug-likeness (QED) is 0.695. The van der Waals surface area contributed by atoms with Crippen LogP contribution >= 0.6 is 7.92 Å². The molecule has 2 atom stereocenters. The van der Waals surface area contributed by atoms with E-state index in [1.54, 1.807) is 0 Å². The van der Waals surface area contributed by atoms with Crippen LogP contribution in [0, 0.1) is 5.92 Å². The Morgan fingerprint density at radius 1 is 0.808 bits per heavy atom. The first-order valence-electron chi connectivity index (χ1n) is 8.95. The van der Waals surface area contributed by atoms with Crippen LogP contribution in [0.25, 0.3) is 0 Å². The molecule has 3 heteroatoms. The van der Waals surface area contributed by atoms with Gasteiger partial charge < -0.3 is 5.11 Å². The Morgan fingerprint density at radius 3 is 1.92 bits per heavy atom. The largest absolute Gasteiger partial charge is 0.481 e. The van der Waals surface area contributed by atoms with Gasteiger partial charge in [-0.3, -0.25) is 4.79 Å². The summed E-state index contributed by atoms with van der Waals surface area (Å²) < 4.78 is 0. The fraction of sp³-hybridized carbons (Fsp3) is 0.174. The molecule has 0 fully saturated rings. The fourth-order valence-corrected chi connectivity index (χ4v) is 7.05. The summed E-state index contributed by atoms with van der Waals surface area (Å²) in [6, 6.07) is 29.2. The van der Waals surface area contributed by atoms with E-state index in [-0.39, 0.29) is 11.6 Å². The molecule has 1 N–H and O–H groups in total. The van der Waals surface area contributed by atoms with Crippen LogP contribution in [0.2, 0.25) is 0 Å². The molecule has 4 rings (SSSR count). The molecule has 0 saturated heterocycles. The molecular formula is C23H21O2P. The topological polar surface area (TPSA) is 37.3 Å². The smallest absolute Gasteiger partial charge is 0.307 e. The number of rotatable bonds is 4. The molecule has 2 unspecified atom stereocenters. The highest BCUT2D eigenvalue weighted by Crippen LogP contribution is 2.57. The van der Waals surface area contributed by atoms with Crippen LogP contribution in [-0.4, -0.2) is 11.1 Å². The average molecular weight is 360 g/mol. The molecule has 1 aliphatic rings. The molecular weight excluding hydrogens is 339 g/mol. The Bertz CT molecular complexity index is 853. The molecule has 0 heterocycles. The molecule has 0 aliphatic heterocycles. The van der Waals surface area contributed by atoms with Gasteiger partial charge in [-0.25, -0.2) is 0 Å². The summed E-state index contributed by atoms with van der Waals surface area (Å²) in [7, 11) is -0.808. The number of aliphatic carboxylic acids is 1. The van der Waals surface area contributed by atoms with Crippen LogP contribution in [0.4, 0.5) is 0 Å². The molecule has 0 spiro atoms. The van der Waals surface area contributed by atoms with Crippen LogP contribution < -0.4 is 10.6 Å². The van der Waals surface area contributed by atoms with E-state index in [0.29, 0.717) is 6.42 Å². The second-order valence-corrected chi connectivity index (χ2v) is 9.00. The summed E-state index contributed by atoms with van der Waals surface area (Å²) in [5.74, 6) is -1.03. The lowest BCUT2D eigenvalue weighted by Gasteiger charge is -2.37. The number of benzene rings is 3. The average Bonchev–Trinajstić information content (AvgIpc) is 2.70. The van der Waals surface area contributed by atoms with Gasteiger partial charge in [0.25, 0.3) is 0 Å². The van der Waals surface area contributed by atoms with Crippen molar-refractivity contribution in [2.45, 2.75) is 18.5 Å². The summed E-state index contributed by atoms with van der Waals surface area (Å²) in [5, 5.41) is 12.5. The van der Waals surface area contributed by atoms with Crippen LogP contribution in [0.15, 0.2) is 84.9 Å². The summed E-state index contributed by atoms with van der Waals surface area (Å²) >= 11 is 0. The minimum atomic E-state index is -0.808. The molecule has 2 nitrogen and oxygen atoms in total. The van der Waals surface area contributed by atoms with Gasteiger partial charge in [0.2, 0.25) is 0 Å². The van der Waals surface area contributed by atoms with Crippen LogP contribution in [0.1, 0.15) is 23.2 Å². The predicted octanol–water partition coefficient (Wildman–Crippen LogP) is 4.51. The summed E-state index contributed by atoms with van der Waals surface area (Å²) in [6.07, 6.45) is 1.55. The molecule has 0 saturated carbocycles. The van der Waals surface area contributed by atoms with Crippen molar-refractivity contribution in [1.29, 1.82) is 0 Å². The monoisotopic (exact) mass is 360 g/mol. The van der Waals surface area contributed by atoms with E-state index in [1.165, 1.54) is 21.7 Å². The molecule has 0 amide bonds. The van der Waals surface area contributed by atoms with Gasteiger partial charge in [0, 0.05) is 5.66 Å². The van der Waals surface area contributed by atoms with E-state index in [4.69, 9.17) is 0 Å². The number of carbonyl (C=O) groups is 1. The number of aryl methyl sites for hydroxylation is 1. The highest BCUT2D eigenvalue weighted by atomic mass is 31.1. The zero-order chi connectivity index (χ0) is 17.9. The van der Waals surface area contributed by atoms with Gasteiger partial charge in [-0.15, -0.1) is 0 Å². The number of carboxylic acids is 1. The molecule has 26 heavy (non-hydrogen) atoms. The Morgan fingerprint density at radius 2 is 1.35 bits per heavy atom. The van der Waals surface area contributed by atoms with E-state index >= 15 is 0 Å². The fourth-order valence-electron chi connectivity index (χ4n) is 3.96. The SMILES string of the molecule is O=C(O)C1CCc2ccccc2C1P(c1ccccc1)c1ccccc1. The summed E-state index contributed by atoms with van der Waals surface area (Å²) in [4.78, 5) is 12.2. The zero-order valence-electron chi connectivity index (χ0n) is 14.5. The molecule has 3 aromatic rings. The first kappa shape index (κ1) is 17.0. The lowest BCUT2D eigenvalue weighted by atomic mass is 9.83. The van der Waals surface area contributed by atoms with E-state index in [9.17, 15) is 9.90 Å². The first-order chi connectivity index (χ1) is 12.8. The van der Waals surface area contributed by atoms with E-state index in [1.807, 2.05) is 18.2 Å². The first-order valence-corrected chi connectivity index (χ1v) is 10.4. The van der Waals surface area contributed by atoms with Crippen molar-refractivity contribution in [3.63, 3.8) is 0 Å². The Kier molecular flexibility index (Phi) is 4.86. The zero-order valence-corrected chi connectivity index (χ0v) is 15.3. The minimum absolute atomic E-state index is 0.00255. The number of carboxylic acid groups (broad SMARTS) is 1. The van der Waals surface area contributed by atoms with Crippen molar-refractivity contribution in [3.8, 4) is 0 Å². The van der Waals surface area contributed by atoms with Gasteiger partial charge in [0.15, 0.2) is 0 Å². The normalized spacial score (nSPS) is 19.1. The molecule has 0 aromatic heterocycles. The van der Waals surface area contributed by atoms with Crippen molar-refractivity contribution in [3.05, 3.63) is 96.1 Å². The summed E-state index contributed by atoms with van der Waals surface area (Å²) in [5.41, 5.74) is 2.51. The molecule has 130 valence electrons. The molecule has 0 radical (unpaired) electrons. The maximum Gasteiger partial charge on any atom is 0.307 e. The maximum atomic E-state index is 12.2. The Labute approximate surface area is 155 Å². The van der Waals surface area contributed by atoms with Crippen molar-refractivity contribution < 1.29 is 9.90 Å². The third-order valence-corrected chi connectivity index (χ3v) is 8.05. The Balaban J connectivity index is 1.92.